The van der Waals surface area contributed by atoms with Gasteiger partial charge in [0.1, 0.15) is 0 Å². The first-order valence-electron chi connectivity index (χ1n) is 3.15. The van der Waals surface area contributed by atoms with E-state index >= 15 is 0 Å². The minimum absolute atomic E-state index is 1.11. The van der Waals surface area contributed by atoms with Crippen molar-refractivity contribution in [3.05, 3.63) is 18.2 Å². The fourth-order valence-electron chi connectivity index (χ4n) is 0.325. The number of hydrogen-bond donors (Lipinski definition) is 1. The topological polar surface area (TPSA) is 28.7 Å². The van der Waals surface area contributed by atoms with Gasteiger partial charge in [0, 0.05) is 11.9 Å². The SMILES string of the molecule is Cc1cnc[nH]1.FB(F)F.FB(F)F. The lowest BCUT2D eigenvalue weighted by Gasteiger charge is -1.67. The van der Waals surface area contributed by atoms with Crippen molar-refractivity contribution in [2.24, 2.45) is 0 Å². The van der Waals surface area contributed by atoms with Crippen molar-refractivity contribution in [2.45, 2.75) is 6.92 Å². The third-order valence-corrected chi connectivity index (χ3v) is 0.635. The number of H-pyrrole nitrogens is 1. The Kier molecular flexibility index (Phi) is 11.0. The molecule has 80 valence electrons. The van der Waals surface area contributed by atoms with Gasteiger partial charge in [-0.3, -0.25) is 25.9 Å². The summed E-state index contributed by atoms with van der Waals surface area (Å²) in [5.41, 5.74) is 1.11. The number of halogens is 6. The number of aryl methyl sites for hydroxylation is 1. The number of nitrogens with zero attached hydrogens (tertiary/aromatic N) is 1. The molecule has 0 bridgehead atoms. The van der Waals surface area contributed by atoms with Crippen molar-refractivity contribution >= 4 is 15.1 Å². The number of aromatic nitrogens is 2. The van der Waals surface area contributed by atoms with Gasteiger partial charge >= 0.3 is 15.1 Å². The van der Waals surface area contributed by atoms with E-state index in [1.165, 1.54) is 0 Å². The Morgan fingerprint density at radius 1 is 1.07 bits per heavy atom. The van der Waals surface area contributed by atoms with E-state index in [-0.39, 0.29) is 0 Å². The second kappa shape index (κ2) is 10.0. The van der Waals surface area contributed by atoms with Crippen LogP contribution in [0.2, 0.25) is 0 Å². The fourth-order valence-corrected chi connectivity index (χ4v) is 0.325. The van der Waals surface area contributed by atoms with Crippen LogP contribution in [0.1, 0.15) is 5.69 Å². The maximum absolute atomic E-state index is 9.67. The highest BCUT2D eigenvalue weighted by atomic mass is 19.4. The molecule has 0 fully saturated rings. The van der Waals surface area contributed by atoms with Gasteiger partial charge in [-0.2, -0.15) is 0 Å². The van der Waals surface area contributed by atoms with Gasteiger partial charge in [-0.25, -0.2) is 4.98 Å². The summed E-state index contributed by atoms with van der Waals surface area (Å²) in [6.45, 7) is 1.97. The van der Waals surface area contributed by atoms with Crippen LogP contribution in [0.5, 0.6) is 0 Å². The highest BCUT2D eigenvalue weighted by molar-refractivity contribution is 6.33. The van der Waals surface area contributed by atoms with E-state index in [2.05, 4.69) is 9.97 Å². The molecule has 1 N–H and O–H groups in total. The average Bonchev–Trinajstić information content (AvgIpc) is 2.36. The molecule has 1 aromatic rings. The van der Waals surface area contributed by atoms with Crippen LogP contribution >= 0.6 is 0 Å². The summed E-state index contributed by atoms with van der Waals surface area (Å²) < 4.78 is 58.0. The van der Waals surface area contributed by atoms with Crippen LogP contribution in [0, 0.1) is 6.92 Å². The summed E-state index contributed by atoms with van der Waals surface area (Å²) in [5.74, 6) is 0. The predicted molar refractivity (Wildman–Crippen MR) is 41.5 cm³/mol. The number of rotatable bonds is 0. The molecule has 0 saturated heterocycles. The van der Waals surface area contributed by atoms with E-state index in [4.69, 9.17) is 0 Å². The summed E-state index contributed by atoms with van der Waals surface area (Å²) in [6, 6.07) is 0. The van der Waals surface area contributed by atoms with Crippen molar-refractivity contribution in [1.29, 1.82) is 0 Å². The number of aromatic amines is 1. The Labute approximate surface area is 77.2 Å². The molecule has 0 radical (unpaired) electrons. The molecule has 1 heterocycles. The van der Waals surface area contributed by atoms with E-state index in [1.807, 2.05) is 6.92 Å². The average molecular weight is 218 g/mol. The van der Waals surface area contributed by atoms with E-state index in [1.54, 1.807) is 12.5 Å². The highest BCUT2D eigenvalue weighted by Crippen LogP contribution is 1.81. The normalized spacial score (nSPS) is 7.64. The molecule has 10 heteroatoms. The molecule has 1 aromatic heterocycles. The molecule has 0 aliphatic rings. The third kappa shape index (κ3) is 30.7. The molecule has 0 aromatic carbocycles. The maximum Gasteiger partial charge on any atom is 0.762 e. The standard InChI is InChI=1S/C4H6N2.2BF3/c1-4-2-5-3-6-4;2*2-1(3)4/h2-3H,1H3,(H,5,6);;. The molecule has 0 saturated carbocycles. The van der Waals surface area contributed by atoms with Crippen LogP contribution in [0.4, 0.5) is 25.9 Å². The summed E-state index contributed by atoms with van der Waals surface area (Å²) in [7, 11) is -7.33. The predicted octanol–water partition coefficient (Wildman–Crippen LogP) is 2.48. The minimum Gasteiger partial charge on any atom is -0.349 e. The first kappa shape index (κ1) is 15.4. The molecule has 0 aliphatic heterocycles. The summed E-state index contributed by atoms with van der Waals surface area (Å²) in [4.78, 5) is 6.66. The zero-order valence-corrected chi connectivity index (χ0v) is 7.02. The molecule has 1 rings (SSSR count). The molecule has 0 amide bonds. The van der Waals surface area contributed by atoms with Crippen LogP contribution in [0.15, 0.2) is 12.5 Å². The van der Waals surface area contributed by atoms with Gasteiger partial charge in [0.05, 0.1) is 6.33 Å². The van der Waals surface area contributed by atoms with Crippen LogP contribution in [-0.4, -0.2) is 25.1 Å². The number of hydrogen-bond acceptors (Lipinski definition) is 1. The molecule has 0 atom stereocenters. The van der Waals surface area contributed by atoms with Crippen molar-refractivity contribution in [3.8, 4) is 0 Å². The van der Waals surface area contributed by atoms with Crippen LogP contribution < -0.4 is 0 Å². The molecule has 0 spiro atoms. The molecular formula is C4H6B2F6N2. The summed E-state index contributed by atoms with van der Waals surface area (Å²) in [6.07, 6.45) is 3.44. The summed E-state index contributed by atoms with van der Waals surface area (Å²) in [5, 5.41) is 0. The number of nitrogens with one attached hydrogen (secondary N) is 1. The Bertz CT molecular complexity index is 182. The van der Waals surface area contributed by atoms with Gasteiger partial charge in [0.2, 0.25) is 0 Å². The van der Waals surface area contributed by atoms with Gasteiger partial charge in [0.25, 0.3) is 0 Å². The van der Waals surface area contributed by atoms with E-state index in [0.717, 1.165) is 5.69 Å². The van der Waals surface area contributed by atoms with Gasteiger partial charge in [0.15, 0.2) is 0 Å². The lowest BCUT2D eigenvalue weighted by atomic mass is 10.5. The highest BCUT2D eigenvalue weighted by Gasteiger charge is 2.06. The van der Waals surface area contributed by atoms with Crippen LogP contribution in [0.3, 0.4) is 0 Å². The largest absolute Gasteiger partial charge is 0.762 e. The first-order valence-corrected chi connectivity index (χ1v) is 3.15. The molecule has 0 unspecified atom stereocenters. The summed E-state index contributed by atoms with van der Waals surface area (Å²) >= 11 is 0. The quantitative estimate of drug-likeness (QED) is 0.525. The van der Waals surface area contributed by atoms with Crippen LogP contribution in [-0.2, 0) is 0 Å². The third-order valence-electron chi connectivity index (χ3n) is 0.635. The van der Waals surface area contributed by atoms with E-state index in [0.29, 0.717) is 0 Å². The Morgan fingerprint density at radius 2 is 1.43 bits per heavy atom. The van der Waals surface area contributed by atoms with Gasteiger partial charge in [-0.15, -0.1) is 0 Å². The molecule has 14 heavy (non-hydrogen) atoms. The monoisotopic (exact) mass is 218 g/mol. The smallest absolute Gasteiger partial charge is 0.349 e. The lowest BCUT2D eigenvalue weighted by Crippen LogP contribution is -1.76. The fraction of sp³-hybridized carbons (Fsp3) is 0.250. The Hall–Kier alpha value is -1.08. The minimum atomic E-state index is -3.67. The van der Waals surface area contributed by atoms with Gasteiger partial charge < -0.3 is 4.98 Å². The van der Waals surface area contributed by atoms with Crippen molar-refractivity contribution in [3.63, 3.8) is 0 Å². The molecule has 0 aliphatic carbocycles. The van der Waals surface area contributed by atoms with Crippen LogP contribution in [0.25, 0.3) is 0 Å². The second-order valence-electron chi connectivity index (χ2n) is 1.73. The zero-order valence-electron chi connectivity index (χ0n) is 7.02. The Balaban J connectivity index is 0. The Morgan fingerprint density at radius 3 is 1.50 bits per heavy atom. The van der Waals surface area contributed by atoms with E-state index in [9.17, 15) is 25.9 Å². The van der Waals surface area contributed by atoms with E-state index < -0.39 is 15.1 Å². The maximum atomic E-state index is 9.67. The van der Waals surface area contributed by atoms with Crippen molar-refractivity contribution in [2.75, 3.05) is 0 Å². The van der Waals surface area contributed by atoms with Gasteiger partial charge in [-0.1, -0.05) is 0 Å². The molecule has 2 nitrogen and oxygen atoms in total. The zero-order chi connectivity index (χ0) is 11.6. The van der Waals surface area contributed by atoms with Gasteiger partial charge in [-0.05, 0) is 6.92 Å². The first-order chi connectivity index (χ1) is 6.36. The van der Waals surface area contributed by atoms with Crippen molar-refractivity contribution < 1.29 is 25.9 Å². The second-order valence-corrected chi connectivity index (χ2v) is 1.73. The van der Waals surface area contributed by atoms with Crippen molar-refractivity contribution in [1.82, 2.24) is 9.97 Å². The molecular weight excluding hydrogens is 212 g/mol. The number of imidazole rings is 1. The lowest BCUT2D eigenvalue weighted by molar-refractivity contribution is 0.533.